The van der Waals surface area contributed by atoms with Crippen molar-refractivity contribution in [3.05, 3.63) is 100 Å². The zero-order valence-corrected chi connectivity index (χ0v) is 23.1. The van der Waals surface area contributed by atoms with Gasteiger partial charge in [-0.05, 0) is 43.2 Å². The van der Waals surface area contributed by atoms with E-state index in [1.54, 1.807) is 6.92 Å². The molecule has 0 aliphatic heterocycles. The summed E-state index contributed by atoms with van der Waals surface area (Å²) in [4.78, 5) is 28.6. The maximum Gasteiger partial charge on any atom is 0.244 e. The zero-order chi connectivity index (χ0) is 27.9. The van der Waals surface area contributed by atoms with Gasteiger partial charge in [0.1, 0.15) is 18.4 Å². The summed E-state index contributed by atoms with van der Waals surface area (Å²) >= 11 is 5.90. The lowest BCUT2D eigenvalue weighted by Gasteiger charge is -2.33. The fourth-order valence-electron chi connectivity index (χ4n) is 4.11. The molecule has 3 aromatic carbocycles. The number of carbonyl (C=O) groups is 2. The first-order chi connectivity index (χ1) is 18.0. The van der Waals surface area contributed by atoms with Gasteiger partial charge in [-0.2, -0.15) is 0 Å². The molecule has 0 saturated carbocycles. The smallest absolute Gasteiger partial charge is 0.244 e. The number of benzene rings is 3. The van der Waals surface area contributed by atoms with Gasteiger partial charge in [0.15, 0.2) is 0 Å². The Bertz CT molecular complexity index is 1390. The van der Waals surface area contributed by atoms with Gasteiger partial charge in [0.05, 0.1) is 17.0 Å². The number of rotatable bonds is 11. The lowest BCUT2D eigenvalue weighted by atomic mass is 10.0. The Balaban J connectivity index is 2.05. The molecule has 0 unspecified atom stereocenters. The van der Waals surface area contributed by atoms with Gasteiger partial charge in [0, 0.05) is 19.5 Å². The Morgan fingerprint density at radius 2 is 1.68 bits per heavy atom. The molecule has 202 valence electrons. The van der Waals surface area contributed by atoms with Crippen molar-refractivity contribution < 1.29 is 22.4 Å². The van der Waals surface area contributed by atoms with Gasteiger partial charge in [0.25, 0.3) is 0 Å². The van der Waals surface area contributed by atoms with Crippen LogP contribution in [0.1, 0.15) is 23.6 Å². The van der Waals surface area contributed by atoms with E-state index in [4.69, 9.17) is 11.6 Å². The summed E-state index contributed by atoms with van der Waals surface area (Å²) in [6.07, 6.45) is 1.18. The molecule has 0 bridgehead atoms. The van der Waals surface area contributed by atoms with Crippen LogP contribution >= 0.6 is 11.6 Å². The molecule has 0 aliphatic rings. The first-order valence-corrected chi connectivity index (χ1v) is 14.3. The maximum atomic E-state index is 13.9. The molecule has 0 aliphatic carbocycles. The topological polar surface area (TPSA) is 86.8 Å². The minimum Gasteiger partial charge on any atom is -0.355 e. The van der Waals surface area contributed by atoms with Crippen LogP contribution in [-0.4, -0.2) is 50.5 Å². The molecular weight excluding hydrogens is 529 g/mol. The summed E-state index contributed by atoms with van der Waals surface area (Å²) in [7, 11) is -3.97. The van der Waals surface area contributed by atoms with Gasteiger partial charge in [-0.1, -0.05) is 71.8 Å². The van der Waals surface area contributed by atoms with Crippen molar-refractivity contribution in [2.45, 2.75) is 32.9 Å². The minimum atomic E-state index is -3.97. The van der Waals surface area contributed by atoms with Crippen LogP contribution in [0, 0.1) is 12.7 Å². The van der Waals surface area contributed by atoms with E-state index in [1.807, 2.05) is 61.5 Å². The van der Waals surface area contributed by atoms with E-state index in [-0.39, 0.29) is 29.6 Å². The fourth-order valence-corrected chi connectivity index (χ4v) is 5.12. The monoisotopic (exact) mass is 559 g/mol. The molecule has 0 spiro atoms. The Morgan fingerprint density at radius 1 is 1.00 bits per heavy atom. The number of aryl methyl sites for hydroxylation is 1. The number of nitrogens with one attached hydrogen (secondary N) is 1. The molecule has 1 atom stereocenters. The molecule has 10 heteroatoms. The van der Waals surface area contributed by atoms with E-state index in [0.717, 1.165) is 39.4 Å². The fraction of sp³-hybridized carbons (Fsp3) is 0.286. The van der Waals surface area contributed by atoms with Crippen molar-refractivity contribution in [3.8, 4) is 0 Å². The normalized spacial score (nSPS) is 12.0. The molecule has 0 heterocycles. The summed E-state index contributed by atoms with van der Waals surface area (Å²) in [5, 5.41) is 2.53. The van der Waals surface area contributed by atoms with Crippen LogP contribution < -0.4 is 9.62 Å². The number of hydrogen-bond donors (Lipinski definition) is 1. The average Bonchev–Trinajstić information content (AvgIpc) is 2.86. The molecule has 0 fully saturated rings. The van der Waals surface area contributed by atoms with Crippen LogP contribution in [0.15, 0.2) is 72.8 Å². The van der Waals surface area contributed by atoms with Gasteiger partial charge in [0.2, 0.25) is 21.8 Å². The molecule has 0 saturated heterocycles. The third kappa shape index (κ3) is 7.79. The van der Waals surface area contributed by atoms with E-state index in [1.165, 1.54) is 11.0 Å². The second kappa shape index (κ2) is 12.9. The third-order valence-corrected chi connectivity index (χ3v) is 7.36. The lowest BCUT2D eigenvalue weighted by Crippen LogP contribution is -2.53. The average molecular weight is 560 g/mol. The van der Waals surface area contributed by atoms with E-state index >= 15 is 0 Å². The van der Waals surface area contributed by atoms with Gasteiger partial charge >= 0.3 is 0 Å². The molecule has 0 aromatic heterocycles. The zero-order valence-electron chi connectivity index (χ0n) is 21.5. The van der Waals surface area contributed by atoms with E-state index in [2.05, 4.69) is 5.32 Å². The molecule has 0 radical (unpaired) electrons. The van der Waals surface area contributed by atoms with Crippen molar-refractivity contribution in [2.24, 2.45) is 0 Å². The SMILES string of the molecule is CCNC(=O)[C@@H](Cc1ccccc1)N(Cc1cccc(C)c1)C(=O)CN(c1ccc(F)c(Cl)c1)S(C)(=O)=O. The lowest BCUT2D eigenvalue weighted by molar-refractivity contribution is -0.140. The van der Waals surface area contributed by atoms with E-state index in [9.17, 15) is 22.4 Å². The first-order valence-electron chi connectivity index (χ1n) is 12.1. The number of hydrogen-bond acceptors (Lipinski definition) is 4. The van der Waals surface area contributed by atoms with Crippen molar-refractivity contribution in [3.63, 3.8) is 0 Å². The Morgan fingerprint density at radius 3 is 2.29 bits per heavy atom. The number of likely N-dealkylation sites (N-methyl/N-ethyl adjacent to an activating group) is 1. The van der Waals surface area contributed by atoms with Gasteiger partial charge in [-0.3, -0.25) is 13.9 Å². The maximum absolute atomic E-state index is 13.9. The summed E-state index contributed by atoms with van der Waals surface area (Å²) in [6, 6.07) is 19.3. The summed E-state index contributed by atoms with van der Waals surface area (Å²) in [5.74, 6) is -1.66. The highest BCUT2D eigenvalue weighted by molar-refractivity contribution is 7.92. The first kappa shape index (κ1) is 29.1. The predicted octanol–water partition coefficient (Wildman–Crippen LogP) is 4.33. The second-order valence-electron chi connectivity index (χ2n) is 8.98. The molecule has 2 amide bonds. The predicted molar refractivity (Wildman–Crippen MR) is 148 cm³/mol. The Labute approximate surface area is 228 Å². The standard InChI is InChI=1S/C28H31ClFN3O4S/c1-4-31-28(35)26(16-21-10-6-5-7-11-21)32(18-22-12-8-9-20(2)15-22)27(34)19-33(38(3,36)37)23-13-14-25(30)24(29)17-23/h5-15,17,26H,4,16,18-19H2,1-3H3,(H,31,35)/t26-/m1/s1. The highest BCUT2D eigenvalue weighted by atomic mass is 35.5. The molecule has 3 aromatic rings. The van der Waals surface area contributed by atoms with E-state index in [0.29, 0.717) is 6.54 Å². The van der Waals surface area contributed by atoms with Crippen molar-refractivity contribution in [1.82, 2.24) is 10.2 Å². The molecule has 3 rings (SSSR count). The highest BCUT2D eigenvalue weighted by Crippen LogP contribution is 2.25. The van der Waals surface area contributed by atoms with E-state index < -0.39 is 34.3 Å². The van der Waals surface area contributed by atoms with Gasteiger partial charge in [-0.25, -0.2) is 12.8 Å². The number of carbonyl (C=O) groups excluding carboxylic acids is 2. The van der Waals surface area contributed by atoms with Gasteiger partial charge < -0.3 is 10.2 Å². The molecule has 1 N–H and O–H groups in total. The number of sulfonamides is 1. The summed E-state index contributed by atoms with van der Waals surface area (Å²) < 4.78 is 40.1. The van der Waals surface area contributed by atoms with Crippen LogP contribution in [-0.2, 0) is 32.6 Å². The Kier molecular flexibility index (Phi) is 9.88. The number of amides is 2. The Hall–Kier alpha value is -3.43. The van der Waals surface area contributed by atoms with Crippen molar-refractivity contribution >= 4 is 39.1 Å². The van der Waals surface area contributed by atoms with Gasteiger partial charge in [-0.15, -0.1) is 0 Å². The second-order valence-corrected chi connectivity index (χ2v) is 11.3. The van der Waals surface area contributed by atoms with Crippen LogP contribution in [0.5, 0.6) is 0 Å². The number of halogens is 2. The minimum absolute atomic E-state index is 0.0420. The largest absolute Gasteiger partial charge is 0.355 e. The van der Waals surface area contributed by atoms with Crippen molar-refractivity contribution in [1.29, 1.82) is 0 Å². The summed E-state index contributed by atoms with van der Waals surface area (Å²) in [6.45, 7) is 3.55. The van der Waals surface area contributed by atoms with Crippen molar-refractivity contribution in [2.75, 3.05) is 23.7 Å². The molecule has 7 nitrogen and oxygen atoms in total. The van der Waals surface area contributed by atoms with Crippen LogP contribution in [0.25, 0.3) is 0 Å². The quantitative estimate of drug-likeness (QED) is 0.379. The third-order valence-electron chi connectivity index (χ3n) is 5.93. The van der Waals surface area contributed by atoms with Crippen LogP contribution in [0.4, 0.5) is 10.1 Å². The number of anilines is 1. The molecular formula is C28H31ClFN3O4S. The van der Waals surface area contributed by atoms with Crippen LogP contribution in [0.3, 0.4) is 0 Å². The number of nitrogens with zero attached hydrogens (tertiary/aromatic N) is 2. The van der Waals surface area contributed by atoms with Crippen LogP contribution in [0.2, 0.25) is 5.02 Å². The summed E-state index contributed by atoms with van der Waals surface area (Å²) in [5.41, 5.74) is 2.65. The molecule has 38 heavy (non-hydrogen) atoms. The highest BCUT2D eigenvalue weighted by Gasteiger charge is 2.33.